The van der Waals surface area contributed by atoms with Crippen molar-refractivity contribution in [2.45, 2.75) is 44.1 Å². The van der Waals surface area contributed by atoms with Crippen molar-refractivity contribution in [3.63, 3.8) is 0 Å². The van der Waals surface area contributed by atoms with Crippen LogP contribution in [0.2, 0.25) is 0 Å². The first-order chi connectivity index (χ1) is 15.3. The lowest BCUT2D eigenvalue weighted by Gasteiger charge is -2.32. The Kier molecular flexibility index (Phi) is 5.72. The molecule has 164 valence electrons. The van der Waals surface area contributed by atoms with Crippen molar-refractivity contribution in [3.8, 4) is 11.8 Å². The number of carbonyl (C=O) groups is 1. The molecule has 0 unspecified atom stereocenters. The summed E-state index contributed by atoms with van der Waals surface area (Å²) in [6.45, 7) is 1.65. The number of nitrogens with zero attached hydrogens (tertiary/aromatic N) is 4. The summed E-state index contributed by atoms with van der Waals surface area (Å²) in [4.78, 5) is 17.1. The molecule has 9 heteroatoms. The van der Waals surface area contributed by atoms with Crippen LogP contribution in [0.15, 0.2) is 42.7 Å². The van der Waals surface area contributed by atoms with Gasteiger partial charge in [-0.25, -0.2) is 13.5 Å². The highest BCUT2D eigenvalue weighted by atomic mass is 19.2. The average Bonchev–Trinajstić information content (AvgIpc) is 3.18. The second-order valence-corrected chi connectivity index (χ2v) is 7.97. The van der Waals surface area contributed by atoms with Crippen LogP contribution in [0.5, 0.6) is 0 Å². The fourth-order valence-corrected chi connectivity index (χ4v) is 3.98. The van der Waals surface area contributed by atoms with Crippen LogP contribution in [0.4, 0.5) is 14.5 Å². The molecular formula is C23H21F2N5O2. The Morgan fingerprint density at radius 1 is 1.22 bits per heavy atom. The predicted molar refractivity (Wildman–Crippen MR) is 112 cm³/mol. The van der Waals surface area contributed by atoms with Crippen molar-refractivity contribution < 1.29 is 18.7 Å². The van der Waals surface area contributed by atoms with Gasteiger partial charge < -0.3 is 10.4 Å². The highest BCUT2D eigenvalue weighted by Gasteiger charge is 2.37. The number of hydrogen-bond acceptors (Lipinski definition) is 5. The molecule has 1 amide bonds. The third kappa shape index (κ3) is 3.97. The van der Waals surface area contributed by atoms with Gasteiger partial charge in [-0.2, -0.15) is 10.4 Å². The topological polar surface area (TPSA) is 104 Å². The van der Waals surface area contributed by atoms with Crippen molar-refractivity contribution in [2.24, 2.45) is 0 Å². The molecule has 3 aromatic rings. The van der Waals surface area contributed by atoms with Crippen molar-refractivity contribution in [3.05, 3.63) is 71.3 Å². The number of aliphatic hydroxyl groups is 1. The van der Waals surface area contributed by atoms with E-state index in [0.717, 1.165) is 12.1 Å². The molecule has 1 aliphatic carbocycles. The average molecular weight is 437 g/mol. The molecule has 1 fully saturated rings. The zero-order valence-electron chi connectivity index (χ0n) is 17.3. The molecule has 0 bridgehead atoms. The molecule has 7 nitrogen and oxygen atoms in total. The molecule has 0 radical (unpaired) electrons. The monoisotopic (exact) mass is 437 g/mol. The minimum absolute atomic E-state index is 0.272. The summed E-state index contributed by atoms with van der Waals surface area (Å²) in [6.07, 6.45) is 4.63. The van der Waals surface area contributed by atoms with Crippen molar-refractivity contribution in [2.75, 3.05) is 5.32 Å². The van der Waals surface area contributed by atoms with Gasteiger partial charge in [-0.05, 0) is 56.9 Å². The number of hydrogen-bond donors (Lipinski definition) is 2. The standard InChI is InChI=1S/C23H21F2N5O2/c1-14-18(12-28-30(14)16-3-4-19(24)20(25)10-16)22(32)29-15-2-5-21(27-11-15)23(13-26)8-6-17(31)7-9-23/h2-5,10-12,17,31H,6-9H2,1H3,(H,29,32). The lowest BCUT2D eigenvalue weighted by molar-refractivity contribution is 0.102. The van der Waals surface area contributed by atoms with Crippen LogP contribution in [0.25, 0.3) is 5.69 Å². The Morgan fingerprint density at radius 2 is 1.97 bits per heavy atom. The molecule has 1 aliphatic rings. The van der Waals surface area contributed by atoms with E-state index in [2.05, 4.69) is 21.5 Å². The second kappa shape index (κ2) is 8.48. The van der Waals surface area contributed by atoms with E-state index >= 15 is 0 Å². The van der Waals surface area contributed by atoms with Gasteiger partial charge in [0, 0.05) is 6.07 Å². The van der Waals surface area contributed by atoms with Gasteiger partial charge in [-0.1, -0.05) is 0 Å². The van der Waals surface area contributed by atoms with Gasteiger partial charge in [0.05, 0.1) is 58.3 Å². The van der Waals surface area contributed by atoms with Crippen LogP contribution in [0, 0.1) is 29.9 Å². The fraction of sp³-hybridized carbons (Fsp3) is 0.304. The number of nitrogens with one attached hydrogen (secondary N) is 1. The summed E-state index contributed by atoms with van der Waals surface area (Å²) in [5.41, 5.74) is 1.36. The SMILES string of the molecule is Cc1c(C(=O)Nc2ccc(C3(C#N)CCC(O)CC3)nc2)cnn1-c1ccc(F)c(F)c1. The van der Waals surface area contributed by atoms with E-state index in [0.29, 0.717) is 48.4 Å². The quantitative estimate of drug-likeness (QED) is 0.646. The third-order valence-corrected chi connectivity index (χ3v) is 5.94. The second-order valence-electron chi connectivity index (χ2n) is 7.97. The van der Waals surface area contributed by atoms with Crippen molar-refractivity contribution in [1.29, 1.82) is 5.26 Å². The minimum Gasteiger partial charge on any atom is -0.393 e. The van der Waals surface area contributed by atoms with Crippen LogP contribution < -0.4 is 5.32 Å². The molecular weight excluding hydrogens is 416 g/mol. The maximum Gasteiger partial charge on any atom is 0.259 e. The number of anilines is 1. The lowest BCUT2D eigenvalue weighted by atomic mass is 9.72. The molecule has 4 rings (SSSR count). The largest absolute Gasteiger partial charge is 0.393 e. The van der Waals surface area contributed by atoms with Gasteiger partial charge in [0.2, 0.25) is 0 Å². The molecule has 32 heavy (non-hydrogen) atoms. The smallest absolute Gasteiger partial charge is 0.259 e. The molecule has 0 saturated heterocycles. The number of carbonyl (C=O) groups excluding carboxylic acids is 1. The van der Waals surface area contributed by atoms with E-state index in [9.17, 15) is 23.9 Å². The maximum absolute atomic E-state index is 13.6. The summed E-state index contributed by atoms with van der Waals surface area (Å²) in [7, 11) is 0. The van der Waals surface area contributed by atoms with Gasteiger partial charge in [-0.15, -0.1) is 0 Å². The summed E-state index contributed by atoms with van der Waals surface area (Å²) in [6, 6.07) is 9.13. The Bertz CT molecular complexity index is 1190. The number of aliphatic hydroxyl groups excluding tert-OH is 1. The Morgan fingerprint density at radius 3 is 2.59 bits per heavy atom. The summed E-state index contributed by atoms with van der Waals surface area (Å²) in [5.74, 6) is -2.39. The van der Waals surface area contributed by atoms with Crippen molar-refractivity contribution in [1.82, 2.24) is 14.8 Å². The van der Waals surface area contributed by atoms with Gasteiger partial charge in [0.1, 0.15) is 0 Å². The van der Waals surface area contributed by atoms with Crippen molar-refractivity contribution >= 4 is 11.6 Å². The highest BCUT2D eigenvalue weighted by Crippen LogP contribution is 2.38. The summed E-state index contributed by atoms with van der Waals surface area (Å²) < 4.78 is 28.1. The van der Waals surface area contributed by atoms with Crippen LogP contribution >= 0.6 is 0 Å². The Hall–Kier alpha value is -3.64. The molecule has 0 atom stereocenters. The lowest BCUT2D eigenvalue weighted by Crippen LogP contribution is -2.33. The molecule has 0 spiro atoms. The molecule has 2 heterocycles. The van der Waals surface area contributed by atoms with Crippen LogP contribution in [-0.4, -0.2) is 31.9 Å². The molecule has 2 aromatic heterocycles. The number of halogens is 2. The first-order valence-electron chi connectivity index (χ1n) is 10.2. The van der Waals surface area contributed by atoms with E-state index in [-0.39, 0.29) is 11.7 Å². The van der Waals surface area contributed by atoms with Crippen LogP contribution in [-0.2, 0) is 5.41 Å². The van der Waals surface area contributed by atoms with Gasteiger partial charge in [-0.3, -0.25) is 9.78 Å². The predicted octanol–water partition coefficient (Wildman–Crippen LogP) is 3.80. The number of pyridine rings is 1. The van der Waals surface area contributed by atoms with Gasteiger partial charge in [0.25, 0.3) is 5.91 Å². The maximum atomic E-state index is 13.6. The van der Waals surface area contributed by atoms with Gasteiger partial charge in [0.15, 0.2) is 11.6 Å². The highest BCUT2D eigenvalue weighted by molar-refractivity contribution is 6.04. The number of amides is 1. The molecule has 1 aromatic carbocycles. The number of nitriles is 1. The third-order valence-electron chi connectivity index (χ3n) is 5.94. The van der Waals surface area contributed by atoms with Crippen LogP contribution in [0.3, 0.4) is 0 Å². The zero-order chi connectivity index (χ0) is 22.9. The Labute approximate surface area is 183 Å². The van der Waals surface area contributed by atoms with Crippen LogP contribution in [0.1, 0.15) is 47.4 Å². The van der Waals surface area contributed by atoms with Gasteiger partial charge >= 0.3 is 0 Å². The fourth-order valence-electron chi connectivity index (χ4n) is 3.98. The van der Waals surface area contributed by atoms with E-state index in [1.54, 1.807) is 19.1 Å². The number of aromatic nitrogens is 3. The number of rotatable bonds is 4. The summed E-state index contributed by atoms with van der Waals surface area (Å²) >= 11 is 0. The number of benzene rings is 1. The normalized spacial score (nSPS) is 20.5. The van der Waals surface area contributed by atoms with E-state index < -0.39 is 23.0 Å². The minimum atomic E-state index is -1.00. The molecule has 2 N–H and O–H groups in total. The Balaban J connectivity index is 1.51. The first kappa shape index (κ1) is 21.6. The van der Waals surface area contributed by atoms with E-state index in [1.165, 1.54) is 23.1 Å². The van der Waals surface area contributed by atoms with E-state index in [4.69, 9.17) is 0 Å². The molecule has 0 aliphatic heterocycles. The zero-order valence-corrected chi connectivity index (χ0v) is 17.3. The first-order valence-corrected chi connectivity index (χ1v) is 10.2. The van der Waals surface area contributed by atoms with E-state index in [1.807, 2.05) is 0 Å². The molecule has 1 saturated carbocycles. The summed E-state index contributed by atoms with van der Waals surface area (Å²) in [5, 5.41) is 26.3.